The van der Waals surface area contributed by atoms with Crippen LogP contribution in [0.1, 0.15) is 80.8 Å². The summed E-state index contributed by atoms with van der Waals surface area (Å²) in [6.07, 6.45) is 6.87. The molecule has 5 atom stereocenters. The number of aromatic nitrogens is 1. The number of morpholine rings is 1. The summed E-state index contributed by atoms with van der Waals surface area (Å²) < 4.78 is 18.8. The number of benzene rings is 1. The lowest BCUT2D eigenvalue weighted by Gasteiger charge is -2.48. The van der Waals surface area contributed by atoms with Crippen molar-refractivity contribution in [1.82, 2.24) is 15.2 Å². The molecule has 1 aromatic carbocycles. The Morgan fingerprint density at radius 1 is 1.05 bits per heavy atom. The molecule has 1 aromatic heterocycles. The van der Waals surface area contributed by atoms with Crippen LogP contribution in [0.15, 0.2) is 23.0 Å². The maximum absolute atomic E-state index is 12.6. The standard InChI is InChI=1S/C35H52N4O4/c1-7-39(34-14-29-9-8-26(34)20-41-29)33-15-30(43-31-12-28(13-31)38-18-23(4)42-24(5)19-38)11-27(25(33)6)16-36-17-32-21(2)10-22(3)37-35(32)40/h10-11,15,23-24,26,28-29,31,34,36H,7-9,12-14,16-20H2,1-6H3,(H,37,40)/t23-,24+,26?,28-,29?,31-,34?. The van der Waals surface area contributed by atoms with E-state index in [4.69, 9.17) is 14.2 Å². The summed E-state index contributed by atoms with van der Waals surface area (Å²) in [4.78, 5) is 20.8. The Hall–Kier alpha value is -2.39. The molecule has 2 N–H and O–H groups in total. The minimum Gasteiger partial charge on any atom is -0.490 e. The zero-order valence-corrected chi connectivity index (χ0v) is 27.1. The summed E-state index contributed by atoms with van der Waals surface area (Å²) in [6, 6.07) is 7.65. The molecule has 8 nitrogen and oxygen atoms in total. The molecule has 0 radical (unpaired) electrons. The van der Waals surface area contributed by atoms with Crippen molar-refractivity contribution in [1.29, 1.82) is 0 Å². The molecule has 43 heavy (non-hydrogen) atoms. The van der Waals surface area contributed by atoms with Gasteiger partial charge >= 0.3 is 0 Å². The van der Waals surface area contributed by atoms with Crippen molar-refractivity contribution in [3.05, 3.63) is 56.5 Å². The lowest BCUT2D eigenvalue weighted by atomic mass is 9.79. The summed E-state index contributed by atoms with van der Waals surface area (Å²) in [7, 11) is 0. The van der Waals surface area contributed by atoms with Gasteiger partial charge in [0.2, 0.25) is 0 Å². The van der Waals surface area contributed by atoms with Gasteiger partial charge in [-0.2, -0.15) is 0 Å². The summed E-state index contributed by atoms with van der Waals surface area (Å²) in [5.74, 6) is 1.54. The number of rotatable bonds is 10. The van der Waals surface area contributed by atoms with Gasteiger partial charge in [-0.3, -0.25) is 9.69 Å². The largest absolute Gasteiger partial charge is 0.490 e. The number of aryl methyl sites for hydroxylation is 2. The predicted octanol–water partition coefficient (Wildman–Crippen LogP) is 5.00. The summed E-state index contributed by atoms with van der Waals surface area (Å²) in [5, 5.41) is 3.58. The molecule has 8 heteroatoms. The highest BCUT2D eigenvalue weighted by molar-refractivity contribution is 5.61. The van der Waals surface area contributed by atoms with Crippen molar-refractivity contribution >= 4 is 5.69 Å². The first-order valence-corrected chi connectivity index (χ1v) is 16.7. The van der Waals surface area contributed by atoms with E-state index in [1.165, 1.54) is 29.7 Å². The lowest BCUT2D eigenvalue weighted by Crippen LogP contribution is -2.56. The molecule has 5 aliphatic rings. The van der Waals surface area contributed by atoms with Crippen molar-refractivity contribution in [3.8, 4) is 5.75 Å². The third kappa shape index (κ3) is 6.68. The Balaban J connectivity index is 1.20. The highest BCUT2D eigenvalue weighted by Gasteiger charge is 2.41. The number of hydrogen-bond acceptors (Lipinski definition) is 7. The fourth-order valence-electron chi connectivity index (χ4n) is 8.09. The Labute approximate surface area is 257 Å². The Morgan fingerprint density at radius 2 is 1.81 bits per heavy atom. The van der Waals surface area contributed by atoms with E-state index >= 15 is 0 Å². The molecule has 7 rings (SSSR count). The fraction of sp³-hybridized carbons (Fsp3) is 0.686. The first-order chi connectivity index (χ1) is 20.7. The summed E-state index contributed by atoms with van der Waals surface area (Å²) in [5.41, 5.74) is 6.53. The molecule has 236 valence electrons. The first-order valence-electron chi connectivity index (χ1n) is 16.7. The van der Waals surface area contributed by atoms with Gasteiger partial charge in [0.15, 0.2) is 0 Å². The maximum atomic E-state index is 12.6. The van der Waals surface area contributed by atoms with Crippen LogP contribution in [0.25, 0.3) is 0 Å². The van der Waals surface area contributed by atoms with Crippen LogP contribution in [-0.4, -0.2) is 72.6 Å². The molecular formula is C35H52N4O4. The second-order valence-electron chi connectivity index (χ2n) is 13.7. The second-order valence-corrected chi connectivity index (χ2v) is 13.7. The van der Waals surface area contributed by atoms with E-state index in [9.17, 15) is 4.79 Å². The van der Waals surface area contributed by atoms with Gasteiger partial charge in [-0.1, -0.05) is 0 Å². The van der Waals surface area contributed by atoms with Crippen LogP contribution < -0.4 is 20.5 Å². The number of H-pyrrole nitrogens is 1. The average molecular weight is 593 g/mol. The van der Waals surface area contributed by atoms with E-state index in [-0.39, 0.29) is 23.9 Å². The molecule has 0 spiro atoms. The Kier molecular flexibility index (Phi) is 9.20. The van der Waals surface area contributed by atoms with Crippen molar-refractivity contribution in [2.75, 3.05) is 31.1 Å². The van der Waals surface area contributed by atoms with E-state index in [0.29, 0.717) is 37.2 Å². The zero-order chi connectivity index (χ0) is 30.2. The highest BCUT2D eigenvalue weighted by atomic mass is 16.5. The fourth-order valence-corrected chi connectivity index (χ4v) is 8.09. The van der Waals surface area contributed by atoms with Crippen LogP contribution >= 0.6 is 0 Å². The molecule has 4 heterocycles. The van der Waals surface area contributed by atoms with Gasteiger partial charge in [0.05, 0.1) is 24.9 Å². The van der Waals surface area contributed by atoms with Gasteiger partial charge in [-0.05, 0) is 89.6 Å². The zero-order valence-electron chi connectivity index (χ0n) is 27.1. The van der Waals surface area contributed by atoms with Crippen molar-refractivity contribution in [3.63, 3.8) is 0 Å². The third-order valence-electron chi connectivity index (χ3n) is 10.4. The smallest absolute Gasteiger partial charge is 0.252 e. The number of nitrogens with one attached hydrogen (secondary N) is 2. The normalized spacial score (nSPS) is 30.7. The van der Waals surface area contributed by atoms with E-state index in [1.807, 2.05) is 19.9 Å². The molecular weight excluding hydrogens is 540 g/mol. The minimum atomic E-state index is -0.00480. The number of fused-ring (bicyclic) bond motifs is 3. The second kappa shape index (κ2) is 12.9. The van der Waals surface area contributed by atoms with Crippen LogP contribution in [0.3, 0.4) is 0 Å². The van der Waals surface area contributed by atoms with Crippen molar-refractivity contribution in [2.45, 2.75) is 123 Å². The molecule has 3 unspecified atom stereocenters. The van der Waals surface area contributed by atoms with Crippen molar-refractivity contribution < 1.29 is 14.2 Å². The van der Waals surface area contributed by atoms with Gasteiger partial charge in [-0.25, -0.2) is 0 Å². The number of ether oxygens (including phenoxy) is 3. The van der Waals surface area contributed by atoms with Crippen LogP contribution in [-0.2, 0) is 22.6 Å². The number of anilines is 1. The Morgan fingerprint density at radius 3 is 2.44 bits per heavy atom. The van der Waals surface area contributed by atoms with Gasteiger partial charge < -0.3 is 29.4 Å². The number of nitrogens with zero attached hydrogens (tertiary/aromatic N) is 2. The molecule has 2 aromatic rings. The molecule has 2 bridgehead atoms. The molecule has 2 saturated carbocycles. The van der Waals surface area contributed by atoms with E-state index < -0.39 is 0 Å². The third-order valence-corrected chi connectivity index (χ3v) is 10.4. The SMILES string of the molecule is CCN(c1cc(O[C@H]2C[C@H](N3C[C@@H](C)O[C@@H](C)C3)C2)cc(CNCc2c(C)cc(C)[nH]c2=O)c1C)C1CC2CCC1CO2. The summed E-state index contributed by atoms with van der Waals surface area (Å²) >= 11 is 0. The van der Waals surface area contributed by atoms with Gasteiger partial charge in [0.1, 0.15) is 11.9 Å². The maximum Gasteiger partial charge on any atom is 0.252 e. The number of hydrogen-bond donors (Lipinski definition) is 2. The topological polar surface area (TPSA) is 79.1 Å². The lowest BCUT2D eigenvalue weighted by molar-refractivity contribution is -0.103. The van der Waals surface area contributed by atoms with E-state index in [1.54, 1.807) is 0 Å². The molecule has 3 saturated heterocycles. The Bertz CT molecular complexity index is 1320. The van der Waals surface area contributed by atoms with Crippen LogP contribution in [0.2, 0.25) is 0 Å². The number of pyridine rings is 1. The summed E-state index contributed by atoms with van der Waals surface area (Å²) in [6.45, 7) is 17.9. The number of aromatic amines is 1. The average Bonchev–Trinajstić information content (AvgIpc) is 2.94. The highest BCUT2D eigenvalue weighted by Crippen LogP contribution is 2.41. The van der Waals surface area contributed by atoms with Crippen LogP contribution in [0.4, 0.5) is 5.69 Å². The monoisotopic (exact) mass is 592 g/mol. The van der Waals surface area contributed by atoms with E-state index in [0.717, 1.165) is 68.1 Å². The molecule has 5 fully saturated rings. The minimum absolute atomic E-state index is 0.00480. The van der Waals surface area contributed by atoms with Crippen LogP contribution in [0, 0.1) is 26.7 Å². The van der Waals surface area contributed by atoms with E-state index in [2.05, 4.69) is 59.9 Å². The first kappa shape index (κ1) is 30.6. The van der Waals surface area contributed by atoms with Gasteiger partial charge in [0.25, 0.3) is 5.56 Å². The van der Waals surface area contributed by atoms with Crippen LogP contribution in [0.5, 0.6) is 5.75 Å². The molecule has 0 amide bonds. The molecule has 2 aliphatic carbocycles. The quantitative estimate of drug-likeness (QED) is 0.402. The van der Waals surface area contributed by atoms with Gasteiger partial charge in [-0.15, -0.1) is 0 Å². The molecule has 3 aliphatic heterocycles. The van der Waals surface area contributed by atoms with Gasteiger partial charge in [0, 0.05) is 86.6 Å². The predicted molar refractivity (Wildman–Crippen MR) is 171 cm³/mol. The van der Waals surface area contributed by atoms with Crippen molar-refractivity contribution in [2.24, 2.45) is 5.92 Å².